The quantitative estimate of drug-likeness (QED) is 0.393. The maximum Gasteiger partial charge on any atom is 0.277 e. The summed E-state index contributed by atoms with van der Waals surface area (Å²) >= 11 is 0. The summed E-state index contributed by atoms with van der Waals surface area (Å²) in [4.78, 5) is 17.4. The summed E-state index contributed by atoms with van der Waals surface area (Å²) < 4.78 is 32.1. The van der Waals surface area contributed by atoms with Crippen molar-refractivity contribution in [1.29, 1.82) is 0 Å². The fourth-order valence-electron chi connectivity index (χ4n) is 3.47. The lowest BCUT2D eigenvalue weighted by Crippen LogP contribution is -2.21. The lowest BCUT2D eigenvalue weighted by Gasteiger charge is -2.07. The zero-order valence-corrected chi connectivity index (χ0v) is 17.7. The number of halogens is 1. The molecule has 0 amide bonds. The monoisotopic (exact) mass is 447 g/mol. The van der Waals surface area contributed by atoms with Crippen LogP contribution in [0, 0.1) is 5.82 Å². The van der Waals surface area contributed by atoms with Gasteiger partial charge in [-0.1, -0.05) is 5.16 Å². The molecule has 0 aliphatic rings. The number of nitrogens with zero attached hydrogens (tertiary/aromatic N) is 5. The second-order valence-corrected chi connectivity index (χ2v) is 7.18. The number of ether oxygens (including phenoxy) is 2. The smallest absolute Gasteiger partial charge is 0.277 e. The second-order valence-electron chi connectivity index (χ2n) is 7.18. The molecule has 0 saturated carbocycles. The molecule has 0 fully saturated rings. The Kier molecular flexibility index (Phi) is 5.09. The molecule has 9 nitrogen and oxygen atoms in total. The van der Waals surface area contributed by atoms with Crippen LogP contribution in [-0.2, 0) is 6.54 Å². The van der Waals surface area contributed by atoms with Gasteiger partial charge in [0.05, 0.1) is 25.5 Å². The molecule has 0 radical (unpaired) electrons. The molecular formula is C23H18FN5O4. The lowest BCUT2D eigenvalue weighted by atomic mass is 10.1. The highest BCUT2D eigenvalue weighted by molar-refractivity contribution is 5.66. The van der Waals surface area contributed by atoms with E-state index in [2.05, 4.69) is 15.2 Å². The second kappa shape index (κ2) is 8.23. The van der Waals surface area contributed by atoms with Crippen LogP contribution in [0.15, 0.2) is 70.2 Å². The average Bonchev–Trinajstić information content (AvgIpc) is 3.48. The van der Waals surface area contributed by atoms with Crippen molar-refractivity contribution in [3.8, 4) is 34.1 Å². The predicted molar refractivity (Wildman–Crippen MR) is 117 cm³/mol. The van der Waals surface area contributed by atoms with Crippen molar-refractivity contribution in [3.63, 3.8) is 0 Å². The molecule has 3 aromatic heterocycles. The maximum atomic E-state index is 13.2. The molecule has 0 spiro atoms. The first kappa shape index (κ1) is 20.4. The number of benzene rings is 2. The third-order valence-corrected chi connectivity index (χ3v) is 5.17. The van der Waals surface area contributed by atoms with Crippen molar-refractivity contribution in [2.75, 3.05) is 14.2 Å². The Morgan fingerprint density at radius 2 is 1.85 bits per heavy atom. The third-order valence-electron chi connectivity index (χ3n) is 5.17. The van der Waals surface area contributed by atoms with Gasteiger partial charge in [0.25, 0.3) is 5.56 Å². The zero-order chi connectivity index (χ0) is 22.9. The standard InChI is InChI=1S/C23H18FN5O4/c1-31-16-7-8-17(20(11-16)32-2)22-25-21(33-27-22)13-28-9-10-29-19(23(28)30)12-18(26-29)14-3-5-15(24)6-4-14/h3-12H,13H2,1-2H3. The Bertz CT molecular complexity index is 1500. The molecule has 166 valence electrons. The van der Waals surface area contributed by atoms with E-state index >= 15 is 0 Å². The first-order valence-corrected chi connectivity index (χ1v) is 9.95. The number of fused-ring (bicyclic) bond motifs is 1. The maximum absolute atomic E-state index is 13.2. The SMILES string of the molecule is COc1ccc(-c2noc(Cn3ccn4nc(-c5ccc(F)cc5)cc4c3=O)n2)c(OC)c1. The van der Waals surface area contributed by atoms with Crippen LogP contribution in [0.4, 0.5) is 4.39 Å². The highest BCUT2D eigenvalue weighted by Crippen LogP contribution is 2.31. The van der Waals surface area contributed by atoms with Gasteiger partial charge in [-0.3, -0.25) is 4.79 Å². The summed E-state index contributed by atoms with van der Waals surface area (Å²) in [5.74, 6) is 1.43. The summed E-state index contributed by atoms with van der Waals surface area (Å²) in [5.41, 5.74) is 2.00. The van der Waals surface area contributed by atoms with Crippen LogP contribution in [0.5, 0.6) is 11.5 Å². The minimum absolute atomic E-state index is 0.0812. The summed E-state index contributed by atoms with van der Waals surface area (Å²) in [7, 11) is 3.11. The molecular weight excluding hydrogens is 429 g/mol. The lowest BCUT2D eigenvalue weighted by molar-refractivity contribution is 0.369. The minimum atomic E-state index is -0.337. The number of aromatic nitrogens is 5. The van der Waals surface area contributed by atoms with Gasteiger partial charge in [0, 0.05) is 24.0 Å². The van der Waals surface area contributed by atoms with E-state index in [0.717, 1.165) is 0 Å². The highest BCUT2D eigenvalue weighted by Gasteiger charge is 2.16. The molecule has 2 aromatic carbocycles. The van der Waals surface area contributed by atoms with E-state index in [9.17, 15) is 9.18 Å². The summed E-state index contributed by atoms with van der Waals surface area (Å²) in [6.07, 6.45) is 3.25. The van der Waals surface area contributed by atoms with Gasteiger partial charge in [-0.05, 0) is 42.5 Å². The first-order valence-electron chi connectivity index (χ1n) is 9.95. The van der Waals surface area contributed by atoms with E-state index in [0.29, 0.717) is 39.7 Å². The molecule has 0 N–H and O–H groups in total. The molecule has 5 aromatic rings. The highest BCUT2D eigenvalue weighted by atomic mass is 19.1. The predicted octanol–water partition coefficient (Wildman–Crippen LogP) is 3.42. The van der Waals surface area contributed by atoms with E-state index in [1.165, 1.54) is 21.2 Å². The first-order chi connectivity index (χ1) is 16.1. The topological polar surface area (TPSA) is 96.7 Å². The van der Waals surface area contributed by atoms with Crippen LogP contribution in [0.1, 0.15) is 5.89 Å². The van der Waals surface area contributed by atoms with Crippen LogP contribution in [0.2, 0.25) is 0 Å². The fourth-order valence-corrected chi connectivity index (χ4v) is 3.47. The van der Waals surface area contributed by atoms with Gasteiger partial charge in [-0.25, -0.2) is 8.91 Å². The molecule has 33 heavy (non-hydrogen) atoms. The van der Waals surface area contributed by atoms with Crippen molar-refractivity contribution in [3.05, 3.63) is 83.0 Å². The van der Waals surface area contributed by atoms with Gasteiger partial charge in [-0.2, -0.15) is 10.1 Å². The van der Waals surface area contributed by atoms with Crippen LogP contribution in [0.25, 0.3) is 28.2 Å². The van der Waals surface area contributed by atoms with Gasteiger partial charge in [-0.15, -0.1) is 0 Å². The van der Waals surface area contributed by atoms with Crippen molar-refractivity contribution in [1.82, 2.24) is 24.3 Å². The molecule has 0 saturated heterocycles. The van der Waals surface area contributed by atoms with E-state index in [4.69, 9.17) is 14.0 Å². The van der Waals surface area contributed by atoms with Gasteiger partial charge in [0.15, 0.2) is 0 Å². The zero-order valence-electron chi connectivity index (χ0n) is 17.7. The largest absolute Gasteiger partial charge is 0.497 e. The summed E-state index contributed by atoms with van der Waals surface area (Å²) in [6, 6.07) is 12.9. The van der Waals surface area contributed by atoms with Crippen LogP contribution >= 0.6 is 0 Å². The molecule has 0 bridgehead atoms. The van der Waals surface area contributed by atoms with Gasteiger partial charge < -0.3 is 18.6 Å². The third kappa shape index (κ3) is 3.82. The normalized spacial score (nSPS) is 11.1. The summed E-state index contributed by atoms with van der Waals surface area (Å²) in [6.45, 7) is 0.0812. The number of rotatable bonds is 6. The van der Waals surface area contributed by atoms with Crippen LogP contribution in [-0.4, -0.2) is 38.5 Å². The minimum Gasteiger partial charge on any atom is -0.497 e. The van der Waals surface area contributed by atoms with Crippen LogP contribution < -0.4 is 15.0 Å². The Labute approximate surface area is 186 Å². The number of hydrogen-bond donors (Lipinski definition) is 0. The molecule has 0 unspecified atom stereocenters. The van der Waals surface area contributed by atoms with Crippen molar-refractivity contribution in [2.45, 2.75) is 6.54 Å². The Morgan fingerprint density at radius 1 is 1.03 bits per heavy atom. The van der Waals surface area contributed by atoms with Crippen molar-refractivity contribution in [2.24, 2.45) is 0 Å². The molecule has 10 heteroatoms. The van der Waals surface area contributed by atoms with Crippen LogP contribution in [0.3, 0.4) is 0 Å². The van der Waals surface area contributed by atoms with E-state index in [1.54, 1.807) is 63.0 Å². The Hall–Kier alpha value is -4.47. The molecule has 0 atom stereocenters. The number of methoxy groups -OCH3 is 2. The van der Waals surface area contributed by atoms with E-state index in [-0.39, 0.29) is 23.8 Å². The molecule has 0 aliphatic heterocycles. The van der Waals surface area contributed by atoms with E-state index < -0.39 is 0 Å². The van der Waals surface area contributed by atoms with Gasteiger partial charge >= 0.3 is 0 Å². The fraction of sp³-hybridized carbons (Fsp3) is 0.130. The van der Waals surface area contributed by atoms with E-state index in [1.807, 2.05) is 0 Å². The van der Waals surface area contributed by atoms with Gasteiger partial charge in [0.1, 0.15) is 29.4 Å². The summed E-state index contributed by atoms with van der Waals surface area (Å²) in [5, 5.41) is 8.42. The van der Waals surface area contributed by atoms with Crippen molar-refractivity contribution < 1.29 is 18.4 Å². The average molecular weight is 447 g/mol. The van der Waals surface area contributed by atoms with Gasteiger partial charge in [0.2, 0.25) is 11.7 Å². The number of hydrogen-bond acceptors (Lipinski definition) is 7. The Balaban J connectivity index is 1.44. The van der Waals surface area contributed by atoms with Crippen molar-refractivity contribution >= 4 is 5.52 Å². The Morgan fingerprint density at radius 3 is 2.61 bits per heavy atom. The molecule has 5 rings (SSSR count). The molecule has 3 heterocycles. The molecule has 0 aliphatic carbocycles.